The molecule has 2 aromatic rings. The number of nitrogens with one attached hydrogen (secondary N) is 1. The van der Waals surface area contributed by atoms with Crippen molar-refractivity contribution in [3.8, 4) is 0 Å². The van der Waals surface area contributed by atoms with Gasteiger partial charge in [-0.15, -0.1) is 22.7 Å². The Labute approximate surface area is 118 Å². The van der Waals surface area contributed by atoms with E-state index in [-0.39, 0.29) is 11.8 Å². The van der Waals surface area contributed by atoms with Crippen LogP contribution < -0.4 is 5.32 Å². The lowest BCUT2D eigenvalue weighted by Gasteiger charge is -2.15. The lowest BCUT2D eigenvalue weighted by atomic mass is 10.4. The summed E-state index contributed by atoms with van der Waals surface area (Å²) in [5, 5.41) is 6.09. The zero-order valence-electron chi connectivity index (χ0n) is 10.2. The Morgan fingerprint density at radius 1 is 1.21 bits per heavy atom. The summed E-state index contributed by atoms with van der Waals surface area (Å²) >= 11 is 2.74. The number of carbonyl (C=O) groups is 2. The first kappa shape index (κ1) is 13.6. The van der Waals surface area contributed by atoms with E-state index in [0.29, 0.717) is 24.5 Å². The average Bonchev–Trinajstić information content (AvgIpc) is 3.10. The Kier molecular flexibility index (Phi) is 4.58. The minimum Gasteiger partial charge on any atom is -0.349 e. The predicted molar refractivity (Wildman–Crippen MR) is 73.5 cm³/mol. The third-order valence-electron chi connectivity index (χ3n) is 2.40. The van der Waals surface area contributed by atoms with Crippen LogP contribution >= 0.6 is 22.7 Å². The smallest absolute Gasteiger partial charge is 0.273 e. The number of nitrogens with zero attached hydrogens (tertiary/aromatic N) is 3. The van der Waals surface area contributed by atoms with Crippen LogP contribution in [0, 0.1) is 0 Å². The predicted octanol–water partition coefficient (Wildman–Crippen LogP) is 1.10. The van der Waals surface area contributed by atoms with Crippen LogP contribution in [0.25, 0.3) is 0 Å². The molecule has 2 aromatic heterocycles. The molecular weight excluding hydrogens is 284 g/mol. The average molecular weight is 296 g/mol. The maximum atomic E-state index is 11.9. The molecule has 0 spiro atoms. The highest BCUT2D eigenvalue weighted by molar-refractivity contribution is 7.08. The highest BCUT2D eigenvalue weighted by atomic mass is 32.1. The van der Waals surface area contributed by atoms with Gasteiger partial charge in [0.1, 0.15) is 11.4 Å². The molecule has 6 nitrogen and oxygen atoms in total. The van der Waals surface area contributed by atoms with Crippen LogP contribution in [0.2, 0.25) is 0 Å². The maximum Gasteiger partial charge on any atom is 0.273 e. The molecule has 8 heteroatoms. The molecular formula is C11H12N4O2S2. The molecule has 0 bridgehead atoms. The molecule has 0 aromatic carbocycles. The number of hydrogen-bond donors (Lipinski definition) is 1. The first-order valence-corrected chi connectivity index (χ1v) is 7.37. The lowest BCUT2D eigenvalue weighted by molar-refractivity contribution is 0.0782. The molecule has 0 aliphatic rings. The molecule has 0 aliphatic heterocycles. The lowest BCUT2D eigenvalue weighted by Crippen LogP contribution is -2.36. The van der Waals surface area contributed by atoms with Crippen molar-refractivity contribution in [3.63, 3.8) is 0 Å². The zero-order valence-corrected chi connectivity index (χ0v) is 11.8. The van der Waals surface area contributed by atoms with E-state index in [9.17, 15) is 9.59 Å². The van der Waals surface area contributed by atoms with Gasteiger partial charge in [0.2, 0.25) is 0 Å². The number of rotatable bonds is 5. The summed E-state index contributed by atoms with van der Waals surface area (Å²) in [6.07, 6.45) is 0. The number of likely N-dealkylation sites (N-methyl/N-ethyl adjacent to an activating group) is 1. The van der Waals surface area contributed by atoms with Crippen molar-refractivity contribution < 1.29 is 9.59 Å². The minimum atomic E-state index is -0.226. The fraction of sp³-hybridized carbons (Fsp3) is 0.273. The second kappa shape index (κ2) is 6.39. The molecule has 100 valence electrons. The van der Waals surface area contributed by atoms with Crippen molar-refractivity contribution in [1.29, 1.82) is 0 Å². The van der Waals surface area contributed by atoms with Gasteiger partial charge < -0.3 is 10.2 Å². The molecule has 2 heterocycles. The van der Waals surface area contributed by atoms with Crippen LogP contribution in [0.4, 0.5) is 0 Å². The monoisotopic (exact) mass is 296 g/mol. The fourth-order valence-electron chi connectivity index (χ4n) is 1.37. The summed E-state index contributed by atoms with van der Waals surface area (Å²) in [7, 11) is 1.68. The highest BCUT2D eigenvalue weighted by Crippen LogP contribution is 2.04. The molecule has 0 atom stereocenters. The van der Waals surface area contributed by atoms with Crippen LogP contribution in [0.3, 0.4) is 0 Å². The van der Waals surface area contributed by atoms with Crippen molar-refractivity contribution in [2.45, 2.75) is 0 Å². The van der Waals surface area contributed by atoms with Gasteiger partial charge >= 0.3 is 0 Å². The molecule has 0 radical (unpaired) electrons. The van der Waals surface area contributed by atoms with Crippen LogP contribution in [-0.2, 0) is 0 Å². The third kappa shape index (κ3) is 3.58. The van der Waals surface area contributed by atoms with Crippen molar-refractivity contribution in [2.24, 2.45) is 0 Å². The highest BCUT2D eigenvalue weighted by Gasteiger charge is 2.13. The van der Waals surface area contributed by atoms with Gasteiger partial charge in [0.15, 0.2) is 0 Å². The van der Waals surface area contributed by atoms with E-state index in [1.54, 1.807) is 28.8 Å². The molecule has 0 saturated carbocycles. The van der Waals surface area contributed by atoms with Gasteiger partial charge in [0.25, 0.3) is 11.8 Å². The second-order valence-corrected chi connectivity index (χ2v) is 5.17. The summed E-state index contributed by atoms with van der Waals surface area (Å²) in [5.41, 5.74) is 4.05. The normalized spacial score (nSPS) is 10.2. The molecule has 2 amide bonds. The third-order valence-corrected chi connectivity index (χ3v) is 3.57. The van der Waals surface area contributed by atoms with Gasteiger partial charge in [-0.05, 0) is 0 Å². The van der Waals surface area contributed by atoms with E-state index in [4.69, 9.17) is 0 Å². The maximum absolute atomic E-state index is 11.9. The minimum absolute atomic E-state index is 0.149. The van der Waals surface area contributed by atoms with Gasteiger partial charge in [-0.3, -0.25) is 9.59 Å². The second-order valence-electron chi connectivity index (χ2n) is 3.73. The number of amides is 2. The molecule has 0 fully saturated rings. The Balaban J connectivity index is 1.77. The van der Waals surface area contributed by atoms with E-state index in [1.165, 1.54) is 27.6 Å². The molecule has 0 aliphatic carbocycles. The van der Waals surface area contributed by atoms with Gasteiger partial charge in [-0.25, -0.2) is 9.97 Å². The number of carbonyl (C=O) groups excluding carboxylic acids is 2. The molecule has 0 unspecified atom stereocenters. The molecule has 19 heavy (non-hydrogen) atoms. The van der Waals surface area contributed by atoms with Crippen LogP contribution in [0.15, 0.2) is 21.8 Å². The number of aromatic nitrogens is 2. The zero-order chi connectivity index (χ0) is 13.7. The Morgan fingerprint density at radius 3 is 2.42 bits per heavy atom. The van der Waals surface area contributed by atoms with Gasteiger partial charge in [0.05, 0.1) is 11.0 Å². The van der Waals surface area contributed by atoms with E-state index < -0.39 is 0 Å². The first-order chi connectivity index (χ1) is 9.18. The quantitative estimate of drug-likeness (QED) is 0.896. The fourth-order valence-corrected chi connectivity index (χ4v) is 2.43. The van der Waals surface area contributed by atoms with Crippen molar-refractivity contribution in [2.75, 3.05) is 20.1 Å². The van der Waals surface area contributed by atoms with Gasteiger partial charge in [0, 0.05) is 30.9 Å². The Hall–Kier alpha value is -1.80. The summed E-state index contributed by atoms with van der Waals surface area (Å²) in [6, 6.07) is 0. The largest absolute Gasteiger partial charge is 0.349 e. The molecule has 2 rings (SSSR count). The SMILES string of the molecule is CN(CCNC(=O)c1cscn1)C(=O)c1cscn1. The van der Waals surface area contributed by atoms with Crippen LogP contribution in [0.5, 0.6) is 0 Å². The standard InChI is InChI=1S/C11H12N4O2S2/c1-15(11(17)9-5-19-7-14-9)3-2-12-10(16)8-4-18-6-13-8/h4-7H,2-3H2,1H3,(H,12,16). The van der Waals surface area contributed by atoms with Crippen molar-refractivity contribution in [1.82, 2.24) is 20.2 Å². The summed E-state index contributed by atoms with van der Waals surface area (Å²) in [4.78, 5) is 32.8. The molecule has 0 saturated heterocycles. The Bertz CT molecular complexity index is 539. The number of thiazole rings is 2. The molecule has 1 N–H and O–H groups in total. The topological polar surface area (TPSA) is 75.2 Å². The van der Waals surface area contributed by atoms with Crippen molar-refractivity contribution >= 4 is 34.5 Å². The van der Waals surface area contributed by atoms with Crippen LogP contribution in [-0.4, -0.2) is 46.8 Å². The van der Waals surface area contributed by atoms with E-state index in [1.807, 2.05) is 0 Å². The van der Waals surface area contributed by atoms with Gasteiger partial charge in [-0.2, -0.15) is 0 Å². The van der Waals surface area contributed by atoms with Gasteiger partial charge in [-0.1, -0.05) is 0 Å². The van der Waals surface area contributed by atoms with E-state index >= 15 is 0 Å². The summed E-state index contributed by atoms with van der Waals surface area (Å²) in [6.45, 7) is 0.801. The van der Waals surface area contributed by atoms with E-state index in [2.05, 4.69) is 15.3 Å². The summed E-state index contributed by atoms with van der Waals surface area (Å²) < 4.78 is 0. The van der Waals surface area contributed by atoms with E-state index in [0.717, 1.165) is 0 Å². The first-order valence-electron chi connectivity index (χ1n) is 5.48. The van der Waals surface area contributed by atoms with Crippen molar-refractivity contribution in [3.05, 3.63) is 33.2 Å². The Morgan fingerprint density at radius 2 is 1.84 bits per heavy atom. The summed E-state index contributed by atoms with van der Waals surface area (Å²) in [5.74, 6) is -0.375. The van der Waals surface area contributed by atoms with Crippen LogP contribution in [0.1, 0.15) is 21.0 Å². The number of hydrogen-bond acceptors (Lipinski definition) is 6.